The molecule has 7 heteroatoms. The Kier molecular flexibility index (Phi) is 5.60. The Bertz CT molecular complexity index is 463. The molecule has 1 amide bonds. The number of aryl methyl sites for hydroxylation is 1. The third kappa shape index (κ3) is 4.64. The highest BCUT2D eigenvalue weighted by molar-refractivity contribution is 14.1. The number of aliphatic hydroxyl groups is 1. The lowest BCUT2D eigenvalue weighted by Crippen LogP contribution is -2.41. The Morgan fingerprint density at radius 1 is 1.42 bits per heavy atom. The number of nitrogens with zero attached hydrogens (tertiary/aromatic N) is 1. The van der Waals surface area contributed by atoms with E-state index in [0.29, 0.717) is 8.47 Å². The van der Waals surface area contributed by atoms with Crippen molar-refractivity contribution in [1.29, 1.82) is 0 Å². The van der Waals surface area contributed by atoms with Crippen LogP contribution in [0.1, 0.15) is 15.9 Å². The van der Waals surface area contributed by atoms with Gasteiger partial charge in [0.05, 0.1) is 12.2 Å². The van der Waals surface area contributed by atoms with Crippen LogP contribution in [0.15, 0.2) is 18.2 Å². The summed E-state index contributed by atoms with van der Waals surface area (Å²) in [5, 5.41) is 8.79. The fraction of sp³-hybridized carbons (Fsp3) is 0.417. The predicted octanol–water partition coefficient (Wildman–Crippen LogP) is 2.60. The highest BCUT2D eigenvalue weighted by atomic mass is 127. The molecule has 1 N–H and O–H groups in total. The molecule has 1 aromatic carbocycles. The summed E-state index contributed by atoms with van der Waals surface area (Å²) in [4.78, 5) is 12.7. The molecule has 0 aromatic heterocycles. The average molecular weight is 387 g/mol. The Morgan fingerprint density at radius 2 is 2.05 bits per heavy atom. The van der Waals surface area contributed by atoms with Gasteiger partial charge in [0.2, 0.25) is 0 Å². The summed E-state index contributed by atoms with van der Waals surface area (Å²) in [6.45, 7) is -0.443. The largest absolute Gasteiger partial charge is 0.406 e. The SMILES string of the molecule is Cc1cccc(C(=O)N(CCO)CC(F)(F)F)c1I. The number of carbonyl (C=O) groups excluding carboxylic acids is 1. The molecule has 19 heavy (non-hydrogen) atoms. The molecule has 0 saturated heterocycles. The number of hydrogen-bond donors (Lipinski definition) is 1. The second-order valence-corrected chi connectivity index (χ2v) is 5.08. The van der Waals surface area contributed by atoms with Gasteiger partial charge < -0.3 is 10.0 Å². The van der Waals surface area contributed by atoms with Crippen molar-refractivity contribution in [2.24, 2.45) is 0 Å². The monoisotopic (exact) mass is 387 g/mol. The Labute approximate surface area is 122 Å². The standard InChI is InChI=1S/C12H13F3INO2/c1-8-3-2-4-9(10(8)16)11(19)17(5-6-18)7-12(13,14)15/h2-4,18H,5-7H2,1H3. The van der Waals surface area contributed by atoms with Gasteiger partial charge in [-0.3, -0.25) is 4.79 Å². The highest BCUT2D eigenvalue weighted by Gasteiger charge is 2.33. The van der Waals surface area contributed by atoms with Crippen LogP contribution in [0.2, 0.25) is 0 Å². The molecule has 0 bridgehead atoms. The zero-order valence-corrected chi connectivity index (χ0v) is 12.3. The number of aliphatic hydroxyl groups excluding tert-OH is 1. The molecule has 106 valence electrons. The first-order valence-electron chi connectivity index (χ1n) is 5.48. The lowest BCUT2D eigenvalue weighted by Gasteiger charge is -2.23. The molecule has 0 spiro atoms. The van der Waals surface area contributed by atoms with Gasteiger partial charge in [0.25, 0.3) is 5.91 Å². The maximum Gasteiger partial charge on any atom is 0.406 e. The van der Waals surface area contributed by atoms with Crippen LogP contribution >= 0.6 is 22.6 Å². The molecule has 1 rings (SSSR count). The van der Waals surface area contributed by atoms with Crippen molar-refractivity contribution in [3.05, 3.63) is 32.9 Å². The van der Waals surface area contributed by atoms with Gasteiger partial charge in [-0.2, -0.15) is 13.2 Å². The molecule has 0 saturated carbocycles. The van der Waals surface area contributed by atoms with Crippen molar-refractivity contribution in [1.82, 2.24) is 4.90 Å². The van der Waals surface area contributed by atoms with Gasteiger partial charge in [-0.15, -0.1) is 0 Å². The third-order valence-electron chi connectivity index (χ3n) is 2.45. The van der Waals surface area contributed by atoms with Crippen LogP contribution in [-0.4, -0.2) is 41.8 Å². The Balaban J connectivity index is 3.02. The van der Waals surface area contributed by atoms with Gasteiger partial charge >= 0.3 is 6.18 Å². The molecule has 0 aliphatic heterocycles. The number of amides is 1. The number of benzene rings is 1. The smallest absolute Gasteiger partial charge is 0.395 e. The lowest BCUT2D eigenvalue weighted by atomic mass is 10.1. The van der Waals surface area contributed by atoms with Gasteiger partial charge in [-0.05, 0) is 41.1 Å². The van der Waals surface area contributed by atoms with E-state index in [-0.39, 0.29) is 12.1 Å². The molecular formula is C12H13F3INO2. The molecule has 0 atom stereocenters. The number of halogens is 4. The van der Waals surface area contributed by atoms with Crippen LogP contribution < -0.4 is 0 Å². The van der Waals surface area contributed by atoms with Gasteiger partial charge in [0.15, 0.2) is 0 Å². The molecule has 0 unspecified atom stereocenters. The van der Waals surface area contributed by atoms with Crippen molar-refractivity contribution in [3.63, 3.8) is 0 Å². The first kappa shape index (κ1) is 16.2. The zero-order chi connectivity index (χ0) is 14.6. The van der Waals surface area contributed by atoms with E-state index in [1.165, 1.54) is 6.07 Å². The van der Waals surface area contributed by atoms with E-state index in [1.54, 1.807) is 19.1 Å². The van der Waals surface area contributed by atoms with E-state index in [0.717, 1.165) is 5.56 Å². The van der Waals surface area contributed by atoms with Crippen LogP contribution in [0, 0.1) is 10.5 Å². The minimum absolute atomic E-state index is 0.221. The van der Waals surface area contributed by atoms with Crippen molar-refractivity contribution >= 4 is 28.5 Å². The molecule has 0 radical (unpaired) electrons. The zero-order valence-electron chi connectivity index (χ0n) is 10.2. The minimum Gasteiger partial charge on any atom is -0.395 e. The first-order valence-corrected chi connectivity index (χ1v) is 6.56. The Morgan fingerprint density at radius 3 is 2.58 bits per heavy atom. The van der Waals surface area contributed by atoms with Gasteiger partial charge in [-0.25, -0.2) is 0 Å². The van der Waals surface area contributed by atoms with Crippen molar-refractivity contribution in [2.75, 3.05) is 19.7 Å². The van der Waals surface area contributed by atoms with Crippen molar-refractivity contribution in [2.45, 2.75) is 13.1 Å². The van der Waals surface area contributed by atoms with E-state index >= 15 is 0 Å². The average Bonchev–Trinajstić information content (AvgIpc) is 2.30. The normalized spacial score (nSPS) is 11.5. The van der Waals surface area contributed by atoms with Gasteiger partial charge in [-0.1, -0.05) is 12.1 Å². The van der Waals surface area contributed by atoms with E-state index in [1.807, 2.05) is 22.6 Å². The summed E-state index contributed by atoms with van der Waals surface area (Å²) in [5.41, 5.74) is 1.04. The summed E-state index contributed by atoms with van der Waals surface area (Å²) < 4.78 is 37.8. The number of carbonyl (C=O) groups is 1. The predicted molar refractivity (Wildman–Crippen MR) is 72.9 cm³/mol. The molecule has 1 aromatic rings. The molecule has 0 aliphatic carbocycles. The fourth-order valence-electron chi connectivity index (χ4n) is 1.57. The maximum absolute atomic E-state index is 12.4. The first-order chi connectivity index (χ1) is 8.76. The van der Waals surface area contributed by atoms with E-state index < -0.39 is 25.2 Å². The van der Waals surface area contributed by atoms with Crippen molar-refractivity contribution in [3.8, 4) is 0 Å². The van der Waals surface area contributed by atoms with Crippen LogP contribution in [0.5, 0.6) is 0 Å². The van der Waals surface area contributed by atoms with Gasteiger partial charge in [0, 0.05) is 10.1 Å². The van der Waals surface area contributed by atoms with Gasteiger partial charge in [0.1, 0.15) is 6.54 Å². The quantitative estimate of drug-likeness (QED) is 0.808. The second-order valence-electron chi connectivity index (χ2n) is 4.00. The third-order valence-corrected chi connectivity index (χ3v) is 3.88. The second kappa shape index (κ2) is 6.56. The van der Waals surface area contributed by atoms with Crippen LogP contribution in [0.3, 0.4) is 0 Å². The molecule has 3 nitrogen and oxygen atoms in total. The summed E-state index contributed by atoms with van der Waals surface area (Å²) >= 11 is 1.93. The summed E-state index contributed by atoms with van der Waals surface area (Å²) in [6, 6.07) is 4.88. The van der Waals surface area contributed by atoms with E-state index in [9.17, 15) is 18.0 Å². The fourth-order valence-corrected chi connectivity index (χ4v) is 2.16. The molecule has 0 aliphatic rings. The number of alkyl halides is 3. The van der Waals surface area contributed by atoms with Crippen molar-refractivity contribution < 1.29 is 23.1 Å². The van der Waals surface area contributed by atoms with Crippen LogP contribution in [0.4, 0.5) is 13.2 Å². The molecular weight excluding hydrogens is 374 g/mol. The molecule has 0 heterocycles. The lowest BCUT2D eigenvalue weighted by molar-refractivity contribution is -0.141. The van der Waals surface area contributed by atoms with Crippen LogP contribution in [-0.2, 0) is 0 Å². The summed E-state index contributed by atoms with van der Waals surface area (Å²) in [7, 11) is 0. The summed E-state index contributed by atoms with van der Waals surface area (Å²) in [5.74, 6) is -0.723. The maximum atomic E-state index is 12.4. The minimum atomic E-state index is -4.49. The summed E-state index contributed by atoms with van der Waals surface area (Å²) in [6.07, 6.45) is -4.49. The van der Waals surface area contributed by atoms with Crippen LogP contribution in [0.25, 0.3) is 0 Å². The molecule has 0 fully saturated rings. The highest BCUT2D eigenvalue weighted by Crippen LogP contribution is 2.21. The van der Waals surface area contributed by atoms with E-state index in [4.69, 9.17) is 5.11 Å². The number of rotatable bonds is 4. The Hall–Kier alpha value is -0.830. The topological polar surface area (TPSA) is 40.5 Å². The van der Waals surface area contributed by atoms with E-state index in [2.05, 4.69) is 0 Å². The number of hydrogen-bond acceptors (Lipinski definition) is 2.